The van der Waals surface area contributed by atoms with E-state index in [9.17, 15) is 0 Å². The summed E-state index contributed by atoms with van der Waals surface area (Å²) >= 11 is 3.34. The van der Waals surface area contributed by atoms with Crippen LogP contribution in [0.15, 0.2) is 18.2 Å². The molecule has 1 rings (SSSR count). The van der Waals surface area contributed by atoms with Crippen LogP contribution in [0.25, 0.3) is 0 Å². The van der Waals surface area contributed by atoms with Crippen molar-refractivity contribution in [3.8, 4) is 5.75 Å². The van der Waals surface area contributed by atoms with E-state index in [1.54, 1.807) is 7.11 Å². The third-order valence-electron chi connectivity index (χ3n) is 2.15. The molecule has 0 aliphatic heterocycles. The van der Waals surface area contributed by atoms with Gasteiger partial charge in [0.05, 0.1) is 18.3 Å². The van der Waals surface area contributed by atoms with Crippen LogP contribution in [0.1, 0.15) is 25.3 Å². The quantitative estimate of drug-likeness (QED) is 0.658. The largest absolute Gasteiger partial charge is 0.495 e. The van der Waals surface area contributed by atoms with Crippen molar-refractivity contribution in [3.63, 3.8) is 0 Å². The number of halogens is 1. The van der Waals surface area contributed by atoms with Crippen LogP contribution in [0.2, 0.25) is 0 Å². The van der Waals surface area contributed by atoms with Crippen LogP contribution < -0.4 is 10.1 Å². The van der Waals surface area contributed by atoms with Gasteiger partial charge in [0.25, 0.3) is 0 Å². The summed E-state index contributed by atoms with van der Waals surface area (Å²) in [6, 6.07) is 6.23. The number of benzene rings is 1. The van der Waals surface area contributed by atoms with E-state index in [0.29, 0.717) is 5.92 Å². The molecular weight excluding hydrogens is 242 g/mol. The molecule has 0 unspecified atom stereocenters. The molecule has 2 nitrogen and oxygen atoms in total. The second-order valence-electron chi connectivity index (χ2n) is 3.42. The fraction of sp³-hybridized carbons (Fsp3) is 0.455. The van der Waals surface area contributed by atoms with Gasteiger partial charge in [0.15, 0.2) is 0 Å². The first-order valence-electron chi connectivity index (χ1n) is 4.66. The third kappa shape index (κ3) is 2.64. The van der Waals surface area contributed by atoms with E-state index in [-0.39, 0.29) is 0 Å². The van der Waals surface area contributed by atoms with Gasteiger partial charge in [-0.05, 0) is 23.6 Å². The second kappa shape index (κ2) is 5.25. The normalized spacial score (nSPS) is 10.4. The van der Waals surface area contributed by atoms with Gasteiger partial charge in [-0.3, -0.25) is 0 Å². The maximum Gasteiger partial charge on any atom is 0.141 e. The van der Waals surface area contributed by atoms with Gasteiger partial charge in [-0.2, -0.15) is 0 Å². The number of rotatable bonds is 4. The maximum absolute atomic E-state index is 5.25. The van der Waals surface area contributed by atoms with Crippen LogP contribution in [-0.4, -0.2) is 12.6 Å². The summed E-state index contributed by atoms with van der Waals surface area (Å²) in [4.78, 5) is 0. The maximum atomic E-state index is 5.25. The Morgan fingerprint density at radius 2 is 2.14 bits per heavy atom. The van der Waals surface area contributed by atoms with Crippen LogP contribution in [0.3, 0.4) is 0 Å². The third-order valence-corrected chi connectivity index (χ3v) is 2.43. The monoisotopic (exact) mass is 257 g/mol. The average molecular weight is 258 g/mol. The molecule has 78 valence electrons. The predicted octanol–water partition coefficient (Wildman–Crippen LogP) is 3.58. The summed E-state index contributed by atoms with van der Waals surface area (Å²) in [7, 11) is 1.68. The molecule has 0 atom stereocenters. The Labute approximate surface area is 93.8 Å². The first-order valence-corrected chi connectivity index (χ1v) is 5.79. The lowest BCUT2D eigenvalue weighted by Gasteiger charge is -2.12. The van der Waals surface area contributed by atoms with Crippen molar-refractivity contribution in [2.45, 2.75) is 19.8 Å². The van der Waals surface area contributed by atoms with E-state index in [1.807, 2.05) is 6.07 Å². The van der Waals surface area contributed by atoms with E-state index in [4.69, 9.17) is 4.74 Å². The van der Waals surface area contributed by atoms with Crippen molar-refractivity contribution >= 4 is 21.6 Å². The van der Waals surface area contributed by atoms with Crippen LogP contribution in [0.4, 0.5) is 5.69 Å². The summed E-state index contributed by atoms with van der Waals surface area (Å²) in [6.45, 7) is 4.36. The number of anilines is 1. The highest BCUT2D eigenvalue weighted by molar-refractivity contribution is 9.09. The van der Waals surface area contributed by atoms with Crippen molar-refractivity contribution in [1.29, 1.82) is 0 Å². The molecule has 0 heterocycles. The number of ether oxygens (including phenoxy) is 1. The Balaban J connectivity index is 3.01. The Morgan fingerprint density at radius 1 is 1.43 bits per heavy atom. The number of methoxy groups -OCH3 is 1. The Bertz CT molecular complexity index is 299. The first kappa shape index (κ1) is 11.4. The van der Waals surface area contributed by atoms with Gasteiger partial charge in [-0.15, -0.1) is 0 Å². The summed E-state index contributed by atoms with van der Waals surface area (Å²) in [6.07, 6.45) is 0. The molecular formula is C11H16BrNO. The predicted molar refractivity (Wildman–Crippen MR) is 64.5 cm³/mol. The lowest BCUT2D eigenvalue weighted by molar-refractivity contribution is 0.416. The van der Waals surface area contributed by atoms with Crippen LogP contribution in [0.5, 0.6) is 5.75 Å². The number of nitrogens with one attached hydrogen (secondary N) is 1. The molecule has 0 fully saturated rings. The van der Waals surface area contributed by atoms with E-state index in [0.717, 1.165) is 16.9 Å². The van der Waals surface area contributed by atoms with Gasteiger partial charge < -0.3 is 10.1 Å². The van der Waals surface area contributed by atoms with E-state index in [1.165, 1.54) is 5.56 Å². The molecule has 3 heteroatoms. The first-order chi connectivity index (χ1) is 6.69. The Kier molecular flexibility index (Phi) is 4.26. The fourth-order valence-corrected chi connectivity index (χ4v) is 1.60. The zero-order valence-corrected chi connectivity index (χ0v) is 10.4. The van der Waals surface area contributed by atoms with Gasteiger partial charge in [-0.25, -0.2) is 0 Å². The molecule has 0 aliphatic carbocycles. The molecule has 0 saturated heterocycles. The molecule has 0 aliphatic rings. The van der Waals surface area contributed by atoms with Crippen LogP contribution in [-0.2, 0) is 0 Å². The molecule has 1 aromatic rings. The van der Waals surface area contributed by atoms with Crippen molar-refractivity contribution < 1.29 is 4.74 Å². The van der Waals surface area contributed by atoms with Gasteiger partial charge in [0.2, 0.25) is 0 Å². The van der Waals surface area contributed by atoms with Crippen LogP contribution in [0, 0.1) is 0 Å². The molecule has 0 aromatic heterocycles. The van der Waals surface area contributed by atoms with Gasteiger partial charge >= 0.3 is 0 Å². The molecule has 0 bridgehead atoms. The summed E-state index contributed by atoms with van der Waals surface area (Å²) < 4.78 is 5.25. The Hall–Kier alpha value is -0.700. The molecule has 0 radical (unpaired) electrons. The standard InChI is InChI=1S/C11H16BrNO/c1-8(2)9-4-5-11(14-3)10(6-9)13-7-12/h4-6,8,13H,7H2,1-3H3. The van der Waals surface area contributed by atoms with Crippen molar-refractivity contribution in [3.05, 3.63) is 23.8 Å². The van der Waals surface area contributed by atoms with E-state index >= 15 is 0 Å². The number of hydrogen-bond acceptors (Lipinski definition) is 2. The molecule has 1 N–H and O–H groups in total. The summed E-state index contributed by atoms with van der Waals surface area (Å²) in [5, 5.41) is 3.21. The minimum Gasteiger partial charge on any atom is -0.495 e. The SMILES string of the molecule is COc1ccc(C(C)C)cc1NCBr. The molecule has 0 spiro atoms. The van der Waals surface area contributed by atoms with Crippen molar-refractivity contribution in [2.75, 3.05) is 17.9 Å². The second-order valence-corrected chi connectivity index (χ2v) is 3.99. The van der Waals surface area contributed by atoms with Crippen LogP contribution >= 0.6 is 15.9 Å². The number of alkyl halides is 1. The highest BCUT2D eigenvalue weighted by Crippen LogP contribution is 2.28. The zero-order valence-electron chi connectivity index (χ0n) is 8.80. The minimum absolute atomic E-state index is 0.539. The minimum atomic E-state index is 0.539. The smallest absolute Gasteiger partial charge is 0.141 e. The topological polar surface area (TPSA) is 21.3 Å². The van der Waals surface area contributed by atoms with Crippen molar-refractivity contribution in [2.24, 2.45) is 0 Å². The highest BCUT2D eigenvalue weighted by atomic mass is 79.9. The Morgan fingerprint density at radius 3 is 2.64 bits per heavy atom. The molecule has 0 saturated carbocycles. The van der Waals surface area contributed by atoms with Gasteiger partial charge in [0, 0.05) is 0 Å². The number of hydrogen-bond donors (Lipinski definition) is 1. The summed E-state index contributed by atoms with van der Waals surface area (Å²) in [5.74, 6) is 1.42. The van der Waals surface area contributed by atoms with E-state index in [2.05, 4.69) is 47.2 Å². The van der Waals surface area contributed by atoms with Gasteiger partial charge in [0.1, 0.15) is 5.75 Å². The lowest BCUT2D eigenvalue weighted by Crippen LogP contribution is -1.99. The van der Waals surface area contributed by atoms with Crippen molar-refractivity contribution in [1.82, 2.24) is 0 Å². The molecule has 1 aromatic carbocycles. The highest BCUT2D eigenvalue weighted by Gasteiger charge is 2.05. The zero-order chi connectivity index (χ0) is 10.6. The van der Waals surface area contributed by atoms with E-state index < -0.39 is 0 Å². The lowest BCUT2D eigenvalue weighted by atomic mass is 10.0. The van der Waals surface area contributed by atoms with Gasteiger partial charge in [-0.1, -0.05) is 35.8 Å². The fourth-order valence-electron chi connectivity index (χ4n) is 1.29. The summed E-state index contributed by atoms with van der Waals surface area (Å²) in [5.41, 5.74) is 3.08. The molecule has 14 heavy (non-hydrogen) atoms. The molecule has 0 amide bonds. The average Bonchev–Trinajstić information content (AvgIpc) is 2.18.